The summed E-state index contributed by atoms with van der Waals surface area (Å²) in [7, 11) is 0. The molecular formula is C14H22N2O. The van der Waals surface area contributed by atoms with Crippen LogP contribution in [0.4, 0.5) is 5.69 Å². The lowest BCUT2D eigenvalue weighted by atomic mass is 10.1. The fourth-order valence-corrected chi connectivity index (χ4v) is 2.41. The summed E-state index contributed by atoms with van der Waals surface area (Å²) in [6, 6.07) is 6.91. The van der Waals surface area contributed by atoms with Crippen molar-refractivity contribution >= 4 is 5.69 Å². The molecular weight excluding hydrogens is 212 g/mol. The third-order valence-corrected chi connectivity index (χ3v) is 3.43. The SMILES string of the molecule is Cc1ccc(C)c(N2CC(O)CNCC2C)c1. The summed E-state index contributed by atoms with van der Waals surface area (Å²) in [5.74, 6) is 0. The van der Waals surface area contributed by atoms with Gasteiger partial charge >= 0.3 is 0 Å². The number of aryl methyl sites for hydroxylation is 2. The van der Waals surface area contributed by atoms with Gasteiger partial charge in [0.05, 0.1) is 6.10 Å². The fraction of sp³-hybridized carbons (Fsp3) is 0.571. The molecule has 0 aromatic heterocycles. The van der Waals surface area contributed by atoms with Crippen LogP contribution in [0, 0.1) is 13.8 Å². The summed E-state index contributed by atoms with van der Waals surface area (Å²) in [5, 5.41) is 13.2. The summed E-state index contributed by atoms with van der Waals surface area (Å²) in [4.78, 5) is 2.31. The van der Waals surface area contributed by atoms with Crippen LogP contribution in [0.5, 0.6) is 0 Å². The maximum Gasteiger partial charge on any atom is 0.0839 e. The van der Waals surface area contributed by atoms with Crippen LogP contribution in [-0.2, 0) is 0 Å². The molecule has 0 spiro atoms. The van der Waals surface area contributed by atoms with Crippen molar-refractivity contribution in [3.63, 3.8) is 0 Å². The Morgan fingerprint density at radius 2 is 2.06 bits per heavy atom. The molecule has 1 fully saturated rings. The fourth-order valence-electron chi connectivity index (χ4n) is 2.41. The first-order chi connectivity index (χ1) is 8.08. The van der Waals surface area contributed by atoms with Crippen LogP contribution in [-0.4, -0.2) is 36.9 Å². The van der Waals surface area contributed by atoms with Crippen molar-refractivity contribution in [3.05, 3.63) is 29.3 Å². The molecule has 0 aliphatic carbocycles. The summed E-state index contributed by atoms with van der Waals surface area (Å²) in [6.07, 6.45) is -0.292. The smallest absolute Gasteiger partial charge is 0.0839 e. The van der Waals surface area contributed by atoms with Crippen molar-refractivity contribution in [1.29, 1.82) is 0 Å². The zero-order chi connectivity index (χ0) is 12.4. The molecule has 0 saturated carbocycles. The zero-order valence-electron chi connectivity index (χ0n) is 10.9. The summed E-state index contributed by atoms with van der Waals surface area (Å²) >= 11 is 0. The minimum Gasteiger partial charge on any atom is -0.390 e. The van der Waals surface area contributed by atoms with E-state index in [4.69, 9.17) is 0 Å². The van der Waals surface area contributed by atoms with E-state index in [9.17, 15) is 5.11 Å². The molecule has 1 aliphatic heterocycles. The Hall–Kier alpha value is -1.06. The van der Waals surface area contributed by atoms with Gasteiger partial charge in [-0.05, 0) is 38.0 Å². The Balaban J connectivity index is 2.32. The first kappa shape index (κ1) is 12.4. The van der Waals surface area contributed by atoms with Crippen LogP contribution >= 0.6 is 0 Å². The van der Waals surface area contributed by atoms with Gasteiger partial charge in [-0.15, -0.1) is 0 Å². The number of rotatable bonds is 1. The first-order valence-electron chi connectivity index (χ1n) is 6.30. The number of hydrogen-bond donors (Lipinski definition) is 2. The van der Waals surface area contributed by atoms with Crippen LogP contribution in [0.15, 0.2) is 18.2 Å². The van der Waals surface area contributed by atoms with Gasteiger partial charge in [0.15, 0.2) is 0 Å². The molecule has 0 radical (unpaired) electrons. The second-order valence-electron chi connectivity index (χ2n) is 5.10. The Morgan fingerprint density at radius 1 is 1.29 bits per heavy atom. The predicted octanol–water partition coefficient (Wildman–Crippen LogP) is 1.46. The van der Waals surface area contributed by atoms with Gasteiger partial charge in [-0.2, -0.15) is 0 Å². The largest absolute Gasteiger partial charge is 0.390 e. The van der Waals surface area contributed by atoms with E-state index in [1.165, 1.54) is 16.8 Å². The van der Waals surface area contributed by atoms with E-state index in [0.29, 0.717) is 19.1 Å². The van der Waals surface area contributed by atoms with Gasteiger partial charge in [-0.1, -0.05) is 12.1 Å². The highest BCUT2D eigenvalue weighted by Gasteiger charge is 2.22. The molecule has 3 nitrogen and oxygen atoms in total. The van der Waals surface area contributed by atoms with Crippen molar-refractivity contribution in [1.82, 2.24) is 5.32 Å². The van der Waals surface area contributed by atoms with Gasteiger partial charge in [-0.3, -0.25) is 0 Å². The molecule has 17 heavy (non-hydrogen) atoms. The molecule has 1 saturated heterocycles. The number of β-amino-alcohol motifs (C(OH)–C–C–N with tert-alkyl or cyclic N) is 1. The predicted molar refractivity (Wildman–Crippen MR) is 71.6 cm³/mol. The molecule has 0 bridgehead atoms. The summed E-state index contributed by atoms with van der Waals surface area (Å²) < 4.78 is 0. The van der Waals surface area contributed by atoms with Gasteiger partial charge in [-0.25, -0.2) is 0 Å². The standard InChI is InChI=1S/C14H22N2O/c1-10-4-5-11(2)14(6-10)16-9-13(17)8-15-7-12(16)3/h4-6,12-13,15,17H,7-9H2,1-3H3. The molecule has 2 rings (SSSR count). The molecule has 2 unspecified atom stereocenters. The Kier molecular flexibility index (Phi) is 3.69. The van der Waals surface area contributed by atoms with Gasteiger partial charge in [0.2, 0.25) is 0 Å². The normalized spacial score (nSPS) is 25.8. The highest BCUT2D eigenvalue weighted by atomic mass is 16.3. The highest BCUT2D eigenvalue weighted by molar-refractivity contribution is 5.56. The molecule has 1 aromatic carbocycles. The topological polar surface area (TPSA) is 35.5 Å². The third kappa shape index (κ3) is 2.79. The molecule has 1 aromatic rings. The van der Waals surface area contributed by atoms with Crippen LogP contribution in [0.1, 0.15) is 18.1 Å². The van der Waals surface area contributed by atoms with Crippen LogP contribution in [0.25, 0.3) is 0 Å². The molecule has 0 amide bonds. The van der Waals surface area contributed by atoms with E-state index in [2.05, 4.69) is 49.2 Å². The quantitative estimate of drug-likeness (QED) is 0.772. The van der Waals surface area contributed by atoms with E-state index in [1.807, 2.05) is 0 Å². The van der Waals surface area contributed by atoms with Gasteiger partial charge in [0, 0.05) is 31.4 Å². The van der Waals surface area contributed by atoms with Crippen molar-refractivity contribution in [2.24, 2.45) is 0 Å². The number of aliphatic hydroxyl groups is 1. The average Bonchev–Trinajstić information content (AvgIpc) is 2.44. The maximum absolute atomic E-state index is 9.89. The number of aliphatic hydroxyl groups excluding tert-OH is 1. The Labute approximate surface area is 103 Å². The van der Waals surface area contributed by atoms with E-state index < -0.39 is 0 Å². The average molecular weight is 234 g/mol. The lowest BCUT2D eigenvalue weighted by molar-refractivity contribution is 0.184. The van der Waals surface area contributed by atoms with Crippen LogP contribution in [0.2, 0.25) is 0 Å². The first-order valence-corrected chi connectivity index (χ1v) is 6.30. The van der Waals surface area contributed by atoms with Crippen molar-refractivity contribution in [2.75, 3.05) is 24.5 Å². The van der Waals surface area contributed by atoms with Crippen molar-refractivity contribution in [3.8, 4) is 0 Å². The summed E-state index contributed by atoms with van der Waals surface area (Å²) in [6.45, 7) is 8.76. The van der Waals surface area contributed by atoms with E-state index in [0.717, 1.165) is 6.54 Å². The van der Waals surface area contributed by atoms with Crippen LogP contribution in [0.3, 0.4) is 0 Å². The number of hydrogen-bond acceptors (Lipinski definition) is 3. The molecule has 94 valence electrons. The summed E-state index contributed by atoms with van der Waals surface area (Å²) in [5.41, 5.74) is 3.79. The van der Waals surface area contributed by atoms with Gasteiger partial charge in [0.25, 0.3) is 0 Å². The minimum absolute atomic E-state index is 0.292. The van der Waals surface area contributed by atoms with Crippen LogP contribution < -0.4 is 10.2 Å². The van der Waals surface area contributed by atoms with Crippen molar-refractivity contribution in [2.45, 2.75) is 32.9 Å². The minimum atomic E-state index is -0.292. The van der Waals surface area contributed by atoms with Gasteiger partial charge < -0.3 is 15.3 Å². The van der Waals surface area contributed by atoms with E-state index in [-0.39, 0.29) is 6.10 Å². The van der Waals surface area contributed by atoms with E-state index >= 15 is 0 Å². The second kappa shape index (κ2) is 5.07. The molecule has 1 heterocycles. The molecule has 2 atom stereocenters. The number of anilines is 1. The Bertz CT molecular complexity index is 392. The monoisotopic (exact) mass is 234 g/mol. The second-order valence-corrected chi connectivity index (χ2v) is 5.10. The number of nitrogens with one attached hydrogen (secondary N) is 1. The Morgan fingerprint density at radius 3 is 2.82 bits per heavy atom. The lowest BCUT2D eigenvalue weighted by Gasteiger charge is -2.31. The van der Waals surface area contributed by atoms with Gasteiger partial charge in [0.1, 0.15) is 0 Å². The van der Waals surface area contributed by atoms with E-state index in [1.54, 1.807) is 0 Å². The highest BCUT2D eigenvalue weighted by Crippen LogP contribution is 2.24. The van der Waals surface area contributed by atoms with Crippen molar-refractivity contribution < 1.29 is 5.11 Å². The molecule has 2 N–H and O–H groups in total. The number of benzene rings is 1. The number of nitrogens with zero attached hydrogens (tertiary/aromatic N) is 1. The maximum atomic E-state index is 9.89. The molecule has 3 heteroatoms. The third-order valence-electron chi connectivity index (χ3n) is 3.43. The lowest BCUT2D eigenvalue weighted by Crippen LogP contribution is -2.39. The zero-order valence-corrected chi connectivity index (χ0v) is 10.9. The molecule has 1 aliphatic rings.